The van der Waals surface area contributed by atoms with Crippen LogP contribution in [-0.2, 0) is 0 Å². The topological polar surface area (TPSA) is 38.9 Å². The zero-order chi connectivity index (χ0) is 18.4. The summed E-state index contributed by atoms with van der Waals surface area (Å²) in [5.41, 5.74) is 9.00. The minimum Gasteiger partial charge on any atom is -0.324 e. The number of nitrogens with zero attached hydrogens (tertiary/aromatic N) is 1. The van der Waals surface area contributed by atoms with Gasteiger partial charge >= 0.3 is 0 Å². The van der Waals surface area contributed by atoms with Gasteiger partial charge in [-0.05, 0) is 61.1 Å². The number of hydrogen-bond donors (Lipinski definition) is 1. The van der Waals surface area contributed by atoms with Gasteiger partial charge in [0.25, 0.3) is 0 Å². The van der Waals surface area contributed by atoms with Gasteiger partial charge in [0.05, 0.1) is 5.52 Å². The molecule has 0 radical (unpaired) electrons. The molecule has 0 aliphatic heterocycles. The molecule has 3 aromatic rings. The van der Waals surface area contributed by atoms with Crippen molar-refractivity contribution < 1.29 is 4.39 Å². The molecule has 1 fully saturated rings. The van der Waals surface area contributed by atoms with E-state index in [1.54, 1.807) is 12.1 Å². The van der Waals surface area contributed by atoms with E-state index in [1.165, 1.54) is 49.3 Å². The molecule has 1 aromatic heterocycles. The second-order valence-electron chi connectivity index (χ2n) is 7.10. The second-order valence-corrected chi connectivity index (χ2v) is 7.10. The quantitative estimate of drug-likeness (QED) is 0.604. The van der Waals surface area contributed by atoms with E-state index in [0.717, 1.165) is 10.9 Å². The van der Waals surface area contributed by atoms with Crippen molar-refractivity contribution in [3.05, 3.63) is 77.7 Å². The summed E-state index contributed by atoms with van der Waals surface area (Å²) in [6, 6.07) is 17.2. The molecular weight excluding hydrogens is 323 g/mol. The molecule has 0 saturated heterocycles. The van der Waals surface area contributed by atoms with Gasteiger partial charge in [0.15, 0.2) is 0 Å². The van der Waals surface area contributed by atoms with Crippen molar-refractivity contribution in [3.63, 3.8) is 0 Å². The largest absolute Gasteiger partial charge is 0.324 e. The zero-order valence-corrected chi connectivity index (χ0v) is 15.4. The van der Waals surface area contributed by atoms with Gasteiger partial charge in [-0.1, -0.05) is 49.6 Å². The second kappa shape index (κ2) is 8.91. The fourth-order valence-electron chi connectivity index (χ4n) is 3.67. The van der Waals surface area contributed by atoms with Gasteiger partial charge < -0.3 is 5.73 Å². The number of benzene rings is 2. The minimum absolute atomic E-state index is 0.159. The molecule has 1 aliphatic carbocycles. The maximum absolute atomic E-state index is 13.4. The normalized spacial score (nSPS) is 16.0. The van der Waals surface area contributed by atoms with Crippen LogP contribution in [0.25, 0.3) is 10.9 Å². The molecule has 1 unspecified atom stereocenters. The van der Waals surface area contributed by atoms with Crippen LogP contribution in [-0.4, -0.2) is 4.98 Å². The molecule has 0 spiro atoms. The Hall–Kier alpha value is -2.26. The number of aromatic nitrogens is 1. The van der Waals surface area contributed by atoms with Crippen molar-refractivity contribution in [2.45, 2.75) is 51.0 Å². The van der Waals surface area contributed by atoms with E-state index in [4.69, 9.17) is 5.73 Å². The van der Waals surface area contributed by atoms with Gasteiger partial charge in [-0.15, -0.1) is 0 Å². The molecule has 2 nitrogen and oxygen atoms in total. The number of fused-ring (bicyclic) bond motifs is 1. The summed E-state index contributed by atoms with van der Waals surface area (Å²) >= 11 is 0. The summed E-state index contributed by atoms with van der Waals surface area (Å²) in [6.07, 6.45) is 8.25. The first-order valence-corrected chi connectivity index (χ1v) is 9.50. The molecule has 0 amide bonds. The highest BCUT2D eigenvalue weighted by Crippen LogP contribution is 2.35. The van der Waals surface area contributed by atoms with E-state index in [9.17, 15) is 4.39 Å². The van der Waals surface area contributed by atoms with Crippen LogP contribution in [0.4, 0.5) is 4.39 Å². The van der Waals surface area contributed by atoms with E-state index < -0.39 is 0 Å². The van der Waals surface area contributed by atoms with Gasteiger partial charge in [-0.3, -0.25) is 4.98 Å². The number of rotatable bonds is 2. The lowest BCUT2D eigenvalue weighted by atomic mass is 9.83. The van der Waals surface area contributed by atoms with Crippen molar-refractivity contribution in [3.8, 4) is 0 Å². The predicted octanol–water partition coefficient (Wildman–Crippen LogP) is 6.13. The molecule has 1 saturated carbocycles. The molecule has 1 atom stereocenters. The maximum atomic E-state index is 13.4. The molecule has 26 heavy (non-hydrogen) atoms. The first-order chi connectivity index (χ1) is 12.6. The maximum Gasteiger partial charge on any atom is 0.123 e. The summed E-state index contributed by atoms with van der Waals surface area (Å²) in [7, 11) is 0. The van der Waals surface area contributed by atoms with Crippen LogP contribution in [0.2, 0.25) is 0 Å². The molecular formula is C23H27FN2. The SMILES string of the molecule is CC(N)c1ccccc1.Fc1ccc2nccc(C3CCCCC3)c2c1. The van der Waals surface area contributed by atoms with Gasteiger partial charge in [-0.25, -0.2) is 4.39 Å². The number of halogens is 1. The Kier molecular flexibility index (Phi) is 6.35. The van der Waals surface area contributed by atoms with Crippen LogP contribution in [0.1, 0.15) is 62.1 Å². The van der Waals surface area contributed by atoms with E-state index >= 15 is 0 Å². The Bertz CT molecular complexity index is 824. The molecule has 3 heteroatoms. The lowest BCUT2D eigenvalue weighted by Gasteiger charge is -2.23. The minimum atomic E-state index is -0.164. The van der Waals surface area contributed by atoms with Crippen LogP contribution >= 0.6 is 0 Å². The van der Waals surface area contributed by atoms with Gasteiger partial charge in [-0.2, -0.15) is 0 Å². The zero-order valence-electron chi connectivity index (χ0n) is 15.4. The van der Waals surface area contributed by atoms with E-state index in [0.29, 0.717) is 5.92 Å². The van der Waals surface area contributed by atoms with E-state index in [2.05, 4.69) is 11.1 Å². The monoisotopic (exact) mass is 350 g/mol. The summed E-state index contributed by atoms with van der Waals surface area (Å²) in [6.45, 7) is 1.98. The summed E-state index contributed by atoms with van der Waals surface area (Å²) in [5, 5.41) is 0.999. The van der Waals surface area contributed by atoms with Crippen molar-refractivity contribution >= 4 is 10.9 Å². The molecule has 2 aromatic carbocycles. The molecule has 136 valence electrons. The number of hydrogen-bond acceptors (Lipinski definition) is 2. The van der Waals surface area contributed by atoms with Gasteiger partial charge in [0.2, 0.25) is 0 Å². The first kappa shape index (κ1) is 18.5. The van der Waals surface area contributed by atoms with Crippen molar-refractivity contribution in [2.75, 3.05) is 0 Å². The lowest BCUT2D eigenvalue weighted by molar-refractivity contribution is 0.445. The summed E-state index contributed by atoms with van der Waals surface area (Å²) in [4.78, 5) is 4.31. The Morgan fingerprint density at radius 2 is 1.73 bits per heavy atom. The number of pyridine rings is 1. The lowest BCUT2D eigenvalue weighted by Crippen LogP contribution is -2.05. The highest BCUT2D eigenvalue weighted by atomic mass is 19.1. The third kappa shape index (κ3) is 4.67. The van der Waals surface area contributed by atoms with Crippen LogP contribution in [0.5, 0.6) is 0 Å². The molecule has 4 rings (SSSR count). The first-order valence-electron chi connectivity index (χ1n) is 9.50. The standard InChI is InChI=1S/C15H16FN.C8H11N/c16-12-6-7-15-14(10-12)13(8-9-17-15)11-4-2-1-3-5-11;1-7(9)8-5-3-2-4-6-8/h6-11H,1-5H2;2-7H,9H2,1H3. The van der Waals surface area contributed by atoms with Crippen molar-refractivity contribution in [1.82, 2.24) is 4.98 Å². The Balaban J connectivity index is 0.000000185. The van der Waals surface area contributed by atoms with Crippen molar-refractivity contribution in [2.24, 2.45) is 5.73 Å². The molecule has 2 N–H and O–H groups in total. The van der Waals surface area contributed by atoms with Crippen LogP contribution in [0, 0.1) is 5.82 Å². The fourth-order valence-corrected chi connectivity index (χ4v) is 3.67. The fraction of sp³-hybridized carbons (Fsp3) is 0.348. The number of nitrogens with two attached hydrogens (primary N) is 1. The van der Waals surface area contributed by atoms with E-state index in [-0.39, 0.29) is 11.9 Å². The van der Waals surface area contributed by atoms with Crippen LogP contribution in [0.15, 0.2) is 60.8 Å². The third-order valence-electron chi connectivity index (χ3n) is 5.11. The molecule has 1 aliphatic rings. The third-order valence-corrected chi connectivity index (χ3v) is 5.11. The smallest absolute Gasteiger partial charge is 0.123 e. The van der Waals surface area contributed by atoms with Crippen LogP contribution < -0.4 is 5.73 Å². The summed E-state index contributed by atoms with van der Waals surface area (Å²) in [5.74, 6) is 0.429. The van der Waals surface area contributed by atoms with E-state index in [1.807, 2.05) is 43.5 Å². The van der Waals surface area contributed by atoms with Crippen molar-refractivity contribution in [1.29, 1.82) is 0 Å². The summed E-state index contributed by atoms with van der Waals surface area (Å²) < 4.78 is 13.4. The highest BCUT2D eigenvalue weighted by Gasteiger charge is 2.17. The molecule has 1 heterocycles. The Morgan fingerprint density at radius 1 is 1.00 bits per heavy atom. The van der Waals surface area contributed by atoms with Gasteiger partial charge in [0, 0.05) is 17.6 Å². The Morgan fingerprint density at radius 3 is 2.38 bits per heavy atom. The van der Waals surface area contributed by atoms with Crippen LogP contribution in [0.3, 0.4) is 0 Å². The van der Waals surface area contributed by atoms with Gasteiger partial charge in [0.1, 0.15) is 5.82 Å². The Labute approximate surface area is 155 Å². The average molecular weight is 350 g/mol. The predicted molar refractivity (Wildman–Crippen MR) is 107 cm³/mol. The highest BCUT2D eigenvalue weighted by molar-refractivity contribution is 5.82. The average Bonchev–Trinajstić information content (AvgIpc) is 2.69. The molecule has 0 bridgehead atoms.